The molecule has 1 aliphatic heterocycles. The number of nitrogens with two attached hydrogens (primary N) is 1. The van der Waals surface area contributed by atoms with Crippen molar-refractivity contribution in [1.29, 1.82) is 5.26 Å². The topological polar surface area (TPSA) is 94.6 Å². The van der Waals surface area contributed by atoms with Crippen LogP contribution in [0.15, 0.2) is 53.6 Å². The van der Waals surface area contributed by atoms with Crippen LogP contribution in [0.4, 0.5) is 0 Å². The molecule has 0 fully saturated rings. The molecule has 2 N–H and O–H groups in total. The first-order valence-corrected chi connectivity index (χ1v) is 8.36. The molecule has 134 valence electrons. The molecule has 1 aliphatic carbocycles. The molecule has 0 saturated heterocycles. The molecule has 2 aliphatic rings. The Balaban J connectivity index is 2.10. The molecular formula is C20H20N2O4. The summed E-state index contributed by atoms with van der Waals surface area (Å²) in [4.78, 5) is 12.6. The summed E-state index contributed by atoms with van der Waals surface area (Å²) in [5.74, 6) is 1.12. The van der Waals surface area contributed by atoms with Gasteiger partial charge in [-0.3, -0.25) is 4.79 Å². The number of methoxy groups -OCH3 is 1. The summed E-state index contributed by atoms with van der Waals surface area (Å²) in [5, 5.41) is 9.60. The van der Waals surface area contributed by atoms with E-state index in [-0.39, 0.29) is 17.2 Å². The first-order chi connectivity index (χ1) is 12.6. The maximum Gasteiger partial charge on any atom is 0.205 e. The van der Waals surface area contributed by atoms with Crippen molar-refractivity contribution in [2.45, 2.75) is 25.2 Å². The second kappa shape index (κ2) is 7.36. The minimum Gasteiger partial charge on any atom is -0.493 e. The van der Waals surface area contributed by atoms with Gasteiger partial charge < -0.3 is 19.9 Å². The Kier molecular flexibility index (Phi) is 4.99. The fourth-order valence-electron chi connectivity index (χ4n) is 3.32. The normalized spacial score (nSPS) is 19.4. The minimum absolute atomic E-state index is 0.0116. The van der Waals surface area contributed by atoms with Gasteiger partial charge >= 0.3 is 0 Å². The second-order valence-electron chi connectivity index (χ2n) is 6.05. The number of nitriles is 1. The average Bonchev–Trinajstić information content (AvgIpc) is 2.65. The van der Waals surface area contributed by atoms with E-state index in [0.717, 1.165) is 12.0 Å². The highest BCUT2D eigenvalue weighted by atomic mass is 16.5. The van der Waals surface area contributed by atoms with Crippen molar-refractivity contribution >= 4 is 5.78 Å². The third kappa shape index (κ3) is 3.04. The van der Waals surface area contributed by atoms with Crippen LogP contribution in [0.25, 0.3) is 0 Å². The van der Waals surface area contributed by atoms with Crippen molar-refractivity contribution in [3.8, 4) is 17.6 Å². The van der Waals surface area contributed by atoms with Gasteiger partial charge in [-0.2, -0.15) is 5.26 Å². The van der Waals surface area contributed by atoms with Gasteiger partial charge in [0, 0.05) is 18.4 Å². The zero-order valence-electron chi connectivity index (χ0n) is 14.6. The highest BCUT2D eigenvalue weighted by molar-refractivity contribution is 5.99. The number of Topliss-reactive ketones (excluding diaryl/α,β-unsaturated/α-hetero) is 1. The van der Waals surface area contributed by atoms with Crippen molar-refractivity contribution in [2.75, 3.05) is 13.7 Å². The largest absolute Gasteiger partial charge is 0.493 e. The van der Waals surface area contributed by atoms with Crippen molar-refractivity contribution in [3.63, 3.8) is 0 Å². The maximum atomic E-state index is 12.6. The molecule has 3 rings (SSSR count). The number of allylic oxidation sites excluding steroid dienone is 3. The number of rotatable bonds is 5. The number of hydrogen-bond donors (Lipinski definition) is 1. The van der Waals surface area contributed by atoms with Gasteiger partial charge in [-0.1, -0.05) is 18.7 Å². The molecule has 0 amide bonds. The SMILES string of the molecule is C=CCOc1ccc([C@H]2C(C#N)=C(N)OC3=C2C(=O)CCC3)cc1OC. The van der Waals surface area contributed by atoms with E-state index in [1.165, 1.54) is 7.11 Å². The number of ether oxygens (including phenoxy) is 3. The Morgan fingerprint density at radius 1 is 1.42 bits per heavy atom. The van der Waals surface area contributed by atoms with Crippen LogP contribution in [0.1, 0.15) is 30.7 Å². The quantitative estimate of drug-likeness (QED) is 0.818. The van der Waals surface area contributed by atoms with Crippen molar-refractivity contribution in [1.82, 2.24) is 0 Å². The average molecular weight is 352 g/mol. The molecule has 6 nitrogen and oxygen atoms in total. The first kappa shape index (κ1) is 17.6. The number of benzene rings is 1. The van der Waals surface area contributed by atoms with E-state index >= 15 is 0 Å². The Labute approximate surface area is 152 Å². The lowest BCUT2D eigenvalue weighted by Crippen LogP contribution is -2.27. The molecule has 26 heavy (non-hydrogen) atoms. The van der Waals surface area contributed by atoms with Gasteiger partial charge in [0.1, 0.15) is 24.0 Å². The van der Waals surface area contributed by atoms with Gasteiger partial charge in [-0.15, -0.1) is 0 Å². The second-order valence-corrected chi connectivity index (χ2v) is 6.05. The number of carbonyl (C=O) groups excluding carboxylic acids is 1. The highest BCUT2D eigenvalue weighted by Crippen LogP contribution is 2.44. The molecule has 0 saturated carbocycles. The highest BCUT2D eigenvalue weighted by Gasteiger charge is 2.38. The smallest absolute Gasteiger partial charge is 0.205 e. The van der Waals surface area contributed by atoms with Crippen LogP contribution in [0.3, 0.4) is 0 Å². The molecule has 1 atom stereocenters. The van der Waals surface area contributed by atoms with Crippen molar-refractivity contribution in [2.24, 2.45) is 5.73 Å². The fourth-order valence-corrected chi connectivity index (χ4v) is 3.32. The molecular weight excluding hydrogens is 332 g/mol. The lowest BCUT2D eigenvalue weighted by atomic mass is 9.77. The fraction of sp³-hybridized carbons (Fsp3) is 0.300. The van der Waals surface area contributed by atoms with E-state index in [1.54, 1.807) is 18.2 Å². The van der Waals surface area contributed by atoms with Crippen LogP contribution < -0.4 is 15.2 Å². The molecule has 0 radical (unpaired) electrons. The van der Waals surface area contributed by atoms with Gasteiger partial charge in [-0.25, -0.2) is 0 Å². The van der Waals surface area contributed by atoms with E-state index in [4.69, 9.17) is 19.9 Å². The van der Waals surface area contributed by atoms with Crippen LogP contribution in [0.5, 0.6) is 11.5 Å². The minimum atomic E-state index is -0.557. The standard InChI is InChI=1S/C20H20N2O4/c1-3-9-25-15-8-7-12(10-17(15)24-2)18-13(11-21)20(22)26-16-6-4-5-14(23)19(16)18/h3,7-8,10,18H,1,4-6,9,22H2,2H3/t18-/m0/s1. The molecule has 0 spiro atoms. The van der Waals surface area contributed by atoms with Crippen LogP contribution >= 0.6 is 0 Å². The molecule has 0 bridgehead atoms. The third-order valence-corrected chi connectivity index (χ3v) is 4.48. The lowest BCUT2D eigenvalue weighted by Gasteiger charge is -2.31. The first-order valence-electron chi connectivity index (χ1n) is 8.36. The molecule has 6 heteroatoms. The summed E-state index contributed by atoms with van der Waals surface area (Å²) >= 11 is 0. The van der Waals surface area contributed by atoms with Crippen LogP contribution in [-0.2, 0) is 9.53 Å². The Morgan fingerprint density at radius 3 is 2.92 bits per heavy atom. The monoisotopic (exact) mass is 352 g/mol. The number of nitrogens with zero attached hydrogens (tertiary/aromatic N) is 1. The van der Waals surface area contributed by atoms with Crippen LogP contribution in [-0.4, -0.2) is 19.5 Å². The zero-order valence-corrected chi connectivity index (χ0v) is 14.6. The van der Waals surface area contributed by atoms with Gasteiger partial charge in [0.05, 0.1) is 13.0 Å². The molecule has 1 aromatic rings. The van der Waals surface area contributed by atoms with Gasteiger partial charge in [0.2, 0.25) is 5.88 Å². The predicted octanol–water partition coefficient (Wildman–Crippen LogP) is 3.07. The lowest BCUT2D eigenvalue weighted by molar-refractivity contribution is -0.116. The van der Waals surface area contributed by atoms with Crippen molar-refractivity contribution in [3.05, 3.63) is 59.2 Å². The van der Waals surface area contributed by atoms with Crippen molar-refractivity contribution < 1.29 is 19.0 Å². The molecule has 1 heterocycles. The molecule has 1 aromatic carbocycles. The van der Waals surface area contributed by atoms with E-state index in [2.05, 4.69) is 12.6 Å². The summed E-state index contributed by atoms with van der Waals surface area (Å²) in [6, 6.07) is 7.44. The van der Waals surface area contributed by atoms with E-state index in [0.29, 0.717) is 42.3 Å². The predicted molar refractivity (Wildman–Crippen MR) is 95.2 cm³/mol. The molecule has 0 unspecified atom stereocenters. The number of ketones is 1. The summed E-state index contributed by atoms with van der Waals surface area (Å²) in [6.07, 6.45) is 3.43. The van der Waals surface area contributed by atoms with Crippen LogP contribution in [0.2, 0.25) is 0 Å². The van der Waals surface area contributed by atoms with Gasteiger partial charge in [-0.05, 0) is 24.1 Å². The zero-order chi connectivity index (χ0) is 18.7. The number of carbonyl (C=O) groups is 1. The third-order valence-electron chi connectivity index (χ3n) is 4.48. The van der Waals surface area contributed by atoms with E-state index in [1.807, 2.05) is 6.07 Å². The van der Waals surface area contributed by atoms with Gasteiger partial charge in [0.25, 0.3) is 0 Å². The summed E-state index contributed by atoms with van der Waals surface area (Å²) < 4.78 is 16.6. The Hall–Kier alpha value is -3.20. The van der Waals surface area contributed by atoms with Crippen LogP contribution in [0, 0.1) is 11.3 Å². The summed E-state index contributed by atoms with van der Waals surface area (Å²) in [5.41, 5.74) is 7.45. The van der Waals surface area contributed by atoms with E-state index in [9.17, 15) is 10.1 Å². The molecule has 0 aromatic heterocycles. The number of hydrogen-bond acceptors (Lipinski definition) is 6. The maximum absolute atomic E-state index is 12.6. The van der Waals surface area contributed by atoms with Gasteiger partial charge in [0.15, 0.2) is 17.3 Å². The summed E-state index contributed by atoms with van der Waals surface area (Å²) in [6.45, 7) is 3.97. The Morgan fingerprint density at radius 2 is 2.23 bits per heavy atom. The summed E-state index contributed by atoms with van der Waals surface area (Å²) in [7, 11) is 1.54. The van der Waals surface area contributed by atoms with E-state index < -0.39 is 5.92 Å². The Bertz CT molecular complexity index is 861.